The topological polar surface area (TPSA) is 42.2 Å². The summed E-state index contributed by atoms with van der Waals surface area (Å²) in [5, 5.41) is 9.25. The van der Waals surface area contributed by atoms with Crippen LogP contribution in [-0.4, -0.2) is 15.8 Å². The Balaban J connectivity index is 2.43. The highest BCUT2D eigenvalue weighted by Gasteiger charge is 2.40. The van der Waals surface area contributed by atoms with Gasteiger partial charge in [-0.05, 0) is 6.07 Å². The summed E-state index contributed by atoms with van der Waals surface area (Å²) in [6, 6.07) is 1.75. The Morgan fingerprint density at radius 2 is 2.17 bits per heavy atom. The van der Waals surface area contributed by atoms with E-state index in [4.69, 9.17) is 11.6 Å². The Morgan fingerprint density at radius 3 is 2.78 bits per heavy atom. The molecule has 1 saturated carbocycles. The average molecular weight is 272 g/mol. The van der Waals surface area contributed by atoms with Crippen LogP contribution in [0.5, 0.6) is 5.75 Å². The number of nitrogens with zero attached hydrogens (tertiary/aromatic N) is 1. The molecule has 0 saturated heterocycles. The number of phenolic OH excluding ortho intramolecular Hbond substituents is 1. The van der Waals surface area contributed by atoms with E-state index in [1.165, 1.54) is 16.8 Å². The number of fused-ring (bicyclic) bond motifs is 1. The number of hydrogen-bond donors (Lipinski definition) is 1. The SMILES string of the molecule is O=c1ccn(C2CC2F)c2c(Cl)c(O)c(F)cc12. The lowest BCUT2D eigenvalue weighted by molar-refractivity contribution is 0.432. The van der Waals surface area contributed by atoms with Crippen molar-refractivity contribution in [1.29, 1.82) is 0 Å². The van der Waals surface area contributed by atoms with E-state index in [9.17, 15) is 18.7 Å². The van der Waals surface area contributed by atoms with E-state index in [1.807, 2.05) is 0 Å². The van der Waals surface area contributed by atoms with E-state index < -0.39 is 29.2 Å². The van der Waals surface area contributed by atoms with Crippen molar-refractivity contribution in [2.75, 3.05) is 0 Å². The standard InChI is InChI=1S/C12H8ClF2NO2/c13-10-11-5(3-7(15)12(10)18)9(17)1-2-16(11)8-4-6(8)14/h1-3,6,8,18H,4H2. The Kier molecular flexibility index (Phi) is 2.35. The van der Waals surface area contributed by atoms with Gasteiger partial charge >= 0.3 is 0 Å². The summed E-state index contributed by atoms with van der Waals surface area (Å²) in [5.74, 6) is -1.69. The predicted octanol–water partition coefficient (Wildman–Crippen LogP) is 2.78. The first kappa shape index (κ1) is 11.5. The minimum atomic E-state index is -1.00. The highest BCUT2D eigenvalue weighted by Crippen LogP contribution is 2.43. The van der Waals surface area contributed by atoms with E-state index in [2.05, 4.69) is 0 Å². The normalized spacial score (nSPS) is 22.4. The number of halogens is 3. The van der Waals surface area contributed by atoms with Crippen molar-refractivity contribution in [3.8, 4) is 5.75 Å². The molecule has 1 aliphatic rings. The molecule has 2 unspecified atom stereocenters. The fourth-order valence-corrected chi connectivity index (χ4v) is 2.36. The van der Waals surface area contributed by atoms with Crippen molar-refractivity contribution in [1.82, 2.24) is 4.57 Å². The van der Waals surface area contributed by atoms with Crippen LogP contribution in [0.3, 0.4) is 0 Å². The molecule has 1 aromatic carbocycles. The molecule has 0 radical (unpaired) electrons. The Morgan fingerprint density at radius 1 is 1.50 bits per heavy atom. The molecular formula is C12H8ClF2NO2. The van der Waals surface area contributed by atoms with Crippen molar-refractivity contribution in [2.24, 2.45) is 0 Å². The van der Waals surface area contributed by atoms with Crippen LogP contribution in [0.1, 0.15) is 12.5 Å². The van der Waals surface area contributed by atoms with Gasteiger partial charge in [0.05, 0.1) is 16.9 Å². The molecule has 0 aliphatic heterocycles. The summed E-state index contributed by atoms with van der Waals surface area (Å²) in [4.78, 5) is 11.7. The number of rotatable bonds is 1. The van der Waals surface area contributed by atoms with Gasteiger partial charge in [-0.2, -0.15) is 0 Å². The molecule has 3 nitrogen and oxygen atoms in total. The highest BCUT2D eigenvalue weighted by atomic mass is 35.5. The molecule has 1 aliphatic carbocycles. The van der Waals surface area contributed by atoms with Crippen molar-refractivity contribution >= 4 is 22.5 Å². The number of phenols is 1. The number of aromatic hydroxyl groups is 1. The van der Waals surface area contributed by atoms with Crippen LogP contribution in [0, 0.1) is 5.82 Å². The zero-order valence-corrected chi connectivity index (χ0v) is 9.79. The first-order valence-electron chi connectivity index (χ1n) is 5.36. The van der Waals surface area contributed by atoms with Crippen LogP contribution in [0.4, 0.5) is 8.78 Å². The fourth-order valence-electron chi connectivity index (χ4n) is 2.07. The maximum Gasteiger partial charge on any atom is 0.189 e. The second-order valence-corrected chi connectivity index (χ2v) is 4.70. The third-order valence-corrected chi connectivity index (χ3v) is 3.47. The summed E-state index contributed by atoms with van der Waals surface area (Å²) in [7, 11) is 0. The van der Waals surface area contributed by atoms with Gasteiger partial charge in [-0.1, -0.05) is 11.6 Å². The van der Waals surface area contributed by atoms with Gasteiger partial charge in [0.25, 0.3) is 0 Å². The van der Waals surface area contributed by atoms with Gasteiger partial charge < -0.3 is 9.67 Å². The molecule has 1 aromatic heterocycles. The Hall–Kier alpha value is -1.62. The van der Waals surface area contributed by atoms with Crippen LogP contribution in [-0.2, 0) is 0 Å². The van der Waals surface area contributed by atoms with Gasteiger partial charge in [0, 0.05) is 18.7 Å². The number of hydrogen-bond acceptors (Lipinski definition) is 2. The van der Waals surface area contributed by atoms with Crippen molar-refractivity contribution in [3.63, 3.8) is 0 Å². The lowest BCUT2D eigenvalue weighted by atomic mass is 10.2. The third kappa shape index (κ3) is 1.50. The maximum atomic E-state index is 13.4. The molecule has 1 fully saturated rings. The van der Waals surface area contributed by atoms with Gasteiger partial charge in [0.2, 0.25) is 0 Å². The molecule has 6 heteroatoms. The first-order chi connectivity index (χ1) is 8.50. The lowest BCUT2D eigenvalue weighted by Gasteiger charge is -2.12. The highest BCUT2D eigenvalue weighted by molar-refractivity contribution is 6.36. The summed E-state index contributed by atoms with van der Waals surface area (Å²) in [6.45, 7) is 0. The largest absolute Gasteiger partial charge is 0.504 e. The minimum Gasteiger partial charge on any atom is -0.504 e. The summed E-state index contributed by atoms with van der Waals surface area (Å²) < 4.78 is 28.0. The minimum absolute atomic E-state index is 0.0388. The fraction of sp³-hybridized carbons (Fsp3) is 0.250. The molecule has 3 rings (SSSR count). The maximum absolute atomic E-state index is 13.4. The molecular weight excluding hydrogens is 264 g/mol. The van der Waals surface area contributed by atoms with Crippen molar-refractivity contribution in [2.45, 2.75) is 18.6 Å². The number of pyridine rings is 1. The number of alkyl halides is 1. The van der Waals surface area contributed by atoms with E-state index >= 15 is 0 Å². The van der Waals surface area contributed by atoms with Gasteiger partial charge in [-0.15, -0.1) is 0 Å². The molecule has 94 valence electrons. The molecule has 0 spiro atoms. The van der Waals surface area contributed by atoms with E-state index in [1.54, 1.807) is 0 Å². The van der Waals surface area contributed by atoms with Crippen LogP contribution >= 0.6 is 11.6 Å². The van der Waals surface area contributed by atoms with Crippen LogP contribution in [0.2, 0.25) is 5.02 Å². The van der Waals surface area contributed by atoms with Crippen molar-refractivity contribution in [3.05, 3.63) is 39.4 Å². The summed E-state index contributed by atoms with van der Waals surface area (Å²) in [6.07, 6.45) is 0.740. The Labute approximate surface area is 105 Å². The van der Waals surface area contributed by atoms with Crippen molar-refractivity contribution < 1.29 is 13.9 Å². The summed E-state index contributed by atoms with van der Waals surface area (Å²) in [5.41, 5.74) is -0.244. The molecule has 1 N–H and O–H groups in total. The van der Waals surface area contributed by atoms with Gasteiger partial charge in [0.15, 0.2) is 17.0 Å². The van der Waals surface area contributed by atoms with Gasteiger partial charge in [-0.3, -0.25) is 4.79 Å². The second-order valence-electron chi connectivity index (χ2n) is 4.32. The van der Waals surface area contributed by atoms with E-state index in [0.29, 0.717) is 6.42 Å². The lowest BCUT2D eigenvalue weighted by Crippen LogP contribution is -2.09. The number of aromatic nitrogens is 1. The first-order valence-corrected chi connectivity index (χ1v) is 5.74. The zero-order chi connectivity index (χ0) is 13.0. The molecule has 1 heterocycles. The molecule has 0 bridgehead atoms. The monoisotopic (exact) mass is 271 g/mol. The molecule has 2 aromatic rings. The van der Waals surface area contributed by atoms with Crippen LogP contribution < -0.4 is 5.43 Å². The molecule has 2 atom stereocenters. The van der Waals surface area contributed by atoms with E-state index in [0.717, 1.165) is 6.07 Å². The Bertz CT molecular complexity index is 713. The van der Waals surface area contributed by atoms with Crippen LogP contribution in [0.15, 0.2) is 23.1 Å². The number of benzene rings is 1. The van der Waals surface area contributed by atoms with Gasteiger partial charge in [0.1, 0.15) is 11.2 Å². The van der Waals surface area contributed by atoms with Crippen LogP contribution in [0.25, 0.3) is 10.9 Å². The zero-order valence-electron chi connectivity index (χ0n) is 9.03. The third-order valence-electron chi connectivity index (χ3n) is 3.12. The molecule has 0 amide bonds. The average Bonchev–Trinajstić information content (AvgIpc) is 3.05. The second kappa shape index (κ2) is 3.68. The molecule has 18 heavy (non-hydrogen) atoms. The quantitative estimate of drug-likeness (QED) is 0.867. The predicted molar refractivity (Wildman–Crippen MR) is 63.4 cm³/mol. The summed E-state index contributed by atoms with van der Waals surface area (Å²) >= 11 is 5.86. The van der Waals surface area contributed by atoms with Gasteiger partial charge in [-0.25, -0.2) is 8.78 Å². The van der Waals surface area contributed by atoms with E-state index in [-0.39, 0.29) is 15.9 Å². The smallest absolute Gasteiger partial charge is 0.189 e.